The molecule has 1 heterocycles. The lowest BCUT2D eigenvalue weighted by molar-refractivity contribution is -0.384. The predicted octanol–water partition coefficient (Wildman–Crippen LogP) is 4.02. The highest BCUT2D eigenvalue weighted by atomic mass is 16.6. The van der Waals surface area contributed by atoms with E-state index in [0.717, 1.165) is 12.0 Å². The lowest BCUT2D eigenvalue weighted by Gasteiger charge is -2.09. The van der Waals surface area contributed by atoms with Crippen LogP contribution in [0.1, 0.15) is 17.5 Å². The van der Waals surface area contributed by atoms with Gasteiger partial charge in [-0.15, -0.1) is 0 Å². The number of pyridine rings is 1. The van der Waals surface area contributed by atoms with E-state index < -0.39 is 4.92 Å². The number of nitrogens with one attached hydrogen (secondary N) is 2. The molecule has 7 nitrogen and oxygen atoms in total. The SMILES string of the molecule is O=C(CCNc1ccccc1[N+](=O)[O-])Nc1ccc(Cc2ccncc2)cc1. The van der Waals surface area contributed by atoms with Crippen LogP contribution < -0.4 is 10.6 Å². The van der Waals surface area contributed by atoms with Gasteiger partial charge < -0.3 is 10.6 Å². The van der Waals surface area contributed by atoms with Crippen LogP contribution in [0.4, 0.5) is 17.1 Å². The zero-order valence-corrected chi connectivity index (χ0v) is 15.2. The third-order valence-corrected chi connectivity index (χ3v) is 4.16. The molecule has 3 rings (SSSR count). The van der Waals surface area contributed by atoms with E-state index >= 15 is 0 Å². The number of aromatic nitrogens is 1. The number of anilines is 2. The van der Waals surface area contributed by atoms with Crippen molar-refractivity contribution < 1.29 is 9.72 Å². The number of rotatable bonds is 8. The topological polar surface area (TPSA) is 97.2 Å². The van der Waals surface area contributed by atoms with Gasteiger partial charge in [-0.2, -0.15) is 0 Å². The first kappa shape index (κ1) is 19.0. The van der Waals surface area contributed by atoms with Gasteiger partial charge in [-0.1, -0.05) is 24.3 Å². The Bertz CT molecular complexity index is 943. The van der Waals surface area contributed by atoms with E-state index in [2.05, 4.69) is 15.6 Å². The quantitative estimate of drug-likeness (QED) is 0.457. The summed E-state index contributed by atoms with van der Waals surface area (Å²) in [6.45, 7) is 0.302. The van der Waals surface area contributed by atoms with Crippen molar-refractivity contribution in [1.29, 1.82) is 0 Å². The van der Waals surface area contributed by atoms with Crippen LogP contribution in [0.5, 0.6) is 0 Å². The molecule has 0 spiro atoms. The molecule has 0 atom stereocenters. The van der Waals surface area contributed by atoms with E-state index in [1.54, 1.807) is 30.6 Å². The summed E-state index contributed by atoms with van der Waals surface area (Å²) in [6.07, 6.45) is 4.53. The average Bonchev–Trinajstić information content (AvgIpc) is 2.70. The molecule has 28 heavy (non-hydrogen) atoms. The fourth-order valence-electron chi connectivity index (χ4n) is 2.76. The number of amides is 1. The molecule has 0 aliphatic carbocycles. The average molecular weight is 376 g/mol. The van der Waals surface area contributed by atoms with Gasteiger partial charge in [-0.05, 0) is 47.9 Å². The lowest BCUT2D eigenvalue weighted by atomic mass is 10.1. The second-order valence-electron chi connectivity index (χ2n) is 6.23. The van der Waals surface area contributed by atoms with Crippen molar-refractivity contribution in [3.63, 3.8) is 0 Å². The van der Waals surface area contributed by atoms with Crippen LogP contribution in [0.2, 0.25) is 0 Å². The molecular weight excluding hydrogens is 356 g/mol. The Hall–Kier alpha value is -3.74. The number of nitro benzene ring substituents is 1. The molecule has 1 aromatic heterocycles. The van der Waals surface area contributed by atoms with Crippen molar-refractivity contribution >= 4 is 23.0 Å². The van der Waals surface area contributed by atoms with Crippen LogP contribution in [0, 0.1) is 10.1 Å². The Morgan fingerprint density at radius 2 is 1.64 bits per heavy atom. The summed E-state index contributed by atoms with van der Waals surface area (Å²) in [6, 6.07) is 18.0. The summed E-state index contributed by atoms with van der Waals surface area (Å²) in [5.74, 6) is -0.159. The zero-order valence-electron chi connectivity index (χ0n) is 15.2. The molecule has 2 aromatic carbocycles. The van der Waals surface area contributed by atoms with Crippen LogP contribution in [0.3, 0.4) is 0 Å². The highest BCUT2D eigenvalue weighted by Gasteiger charge is 2.12. The molecule has 0 aliphatic heterocycles. The maximum Gasteiger partial charge on any atom is 0.292 e. The summed E-state index contributed by atoms with van der Waals surface area (Å²) in [5, 5.41) is 16.8. The largest absolute Gasteiger partial charge is 0.379 e. The van der Waals surface area contributed by atoms with E-state index in [4.69, 9.17) is 0 Å². The Morgan fingerprint density at radius 3 is 2.36 bits per heavy atom. The van der Waals surface area contributed by atoms with Gasteiger partial charge in [0.25, 0.3) is 5.69 Å². The van der Waals surface area contributed by atoms with Crippen LogP contribution in [0.15, 0.2) is 73.1 Å². The fraction of sp³-hybridized carbons (Fsp3) is 0.143. The number of carbonyl (C=O) groups excluding carboxylic acids is 1. The van der Waals surface area contributed by atoms with E-state index in [1.165, 1.54) is 11.6 Å². The van der Waals surface area contributed by atoms with Crippen molar-refractivity contribution in [2.75, 3.05) is 17.2 Å². The second-order valence-corrected chi connectivity index (χ2v) is 6.23. The summed E-state index contributed by atoms with van der Waals surface area (Å²) in [5.41, 5.74) is 3.43. The predicted molar refractivity (Wildman–Crippen MR) is 108 cm³/mol. The highest BCUT2D eigenvalue weighted by molar-refractivity contribution is 5.91. The van der Waals surface area contributed by atoms with Crippen molar-refractivity contribution in [3.8, 4) is 0 Å². The minimum absolute atomic E-state index is 0.00676. The third kappa shape index (κ3) is 5.38. The molecule has 0 unspecified atom stereocenters. The molecule has 142 valence electrons. The van der Waals surface area contributed by atoms with Crippen molar-refractivity contribution in [1.82, 2.24) is 4.98 Å². The Kier molecular flexibility index (Phi) is 6.30. The lowest BCUT2D eigenvalue weighted by Crippen LogP contribution is -2.16. The standard InChI is InChI=1S/C21H20N4O3/c26-21(11-14-23-19-3-1-2-4-20(19)25(27)28)24-18-7-5-16(6-8-18)15-17-9-12-22-13-10-17/h1-10,12-13,23H,11,14-15H2,(H,24,26). The van der Waals surface area contributed by atoms with E-state index in [1.807, 2.05) is 36.4 Å². The Morgan fingerprint density at radius 1 is 0.964 bits per heavy atom. The summed E-state index contributed by atoms with van der Waals surface area (Å²) in [4.78, 5) is 26.6. The number of hydrogen-bond acceptors (Lipinski definition) is 5. The molecule has 7 heteroatoms. The first-order valence-corrected chi connectivity index (χ1v) is 8.87. The van der Waals surface area contributed by atoms with Crippen LogP contribution in [-0.4, -0.2) is 22.4 Å². The summed E-state index contributed by atoms with van der Waals surface area (Å²) < 4.78 is 0. The number of benzene rings is 2. The first-order valence-electron chi connectivity index (χ1n) is 8.87. The normalized spacial score (nSPS) is 10.3. The number of nitro groups is 1. The van der Waals surface area contributed by atoms with Gasteiger partial charge in [0.1, 0.15) is 5.69 Å². The van der Waals surface area contributed by atoms with Crippen molar-refractivity contribution in [2.24, 2.45) is 0 Å². The molecule has 0 radical (unpaired) electrons. The van der Waals surface area contributed by atoms with Gasteiger partial charge >= 0.3 is 0 Å². The van der Waals surface area contributed by atoms with Gasteiger partial charge in [0, 0.05) is 37.1 Å². The third-order valence-electron chi connectivity index (χ3n) is 4.16. The minimum atomic E-state index is -0.448. The van der Waals surface area contributed by atoms with E-state index in [9.17, 15) is 14.9 Å². The molecule has 0 fully saturated rings. The van der Waals surface area contributed by atoms with Gasteiger partial charge in [-0.3, -0.25) is 19.9 Å². The number of hydrogen-bond donors (Lipinski definition) is 2. The molecule has 1 amide bonds. The summed E-state index contributed by atoms with van der Waals surface area (Å²) >= 11 is 0. The molecule has 3 aromatic rings. The maximum atomic E-state index is 12.1. The summed E-state index contributed by atoms with van der Waals surface area (Å²) in [7, 11) is 0. The molecule has 0 aliphatic rings. The molecule has 0 saturated carbocycles. The smallest absolute Gasteiger partial charge is 0.292 e. The highest BCUT2D eigenvalue weighted by Crippen LogP contribution is 2.23. The molecule has 0 saturated heterocycles. The fourth-order valence-corrected chi connectivity index (χ4v) is 2.76. The number of para-hydroxylation sites is 2. The monoisotopic (exact) mass is 376 g/mol. The van der Waals surface area contributed by atoms with Gasteiger partial charge in [0.15, 0.2) is 0 Å². The Balaban J connectivity index is 1.48. The Labute approximate surface area is 162 Å². The number of nitrogens with zero attached hydrogens (tertiary/aromatic N) is 2. The maximum absolute atomic E-state index is 12.1. The molecule has 2 N–H and O–H groups in total. The minimum Gasteiger partial charge on any atom is -0.379 e. The second kappa shape index (κ2) is 9.27. The van der Waals surface area contributed by atoms with Crippen molar-refractivity contribution in [3.05, 3.63) is 94.3 Å². The van der Waals surface area contributed by atoms with E-state index in [-0.39, 0.29) is 18.0 Å². The zero-order chi connectivity index (χ0) is 19.8. The first-order chi connectivity index (χ1) is 13.6. The van der Waals surface area contributed by atoms with Gasteiger partial charge in [0.05, 0.1) is 4.92 Å². The van der Waals surface area contributed by atoms with Crippen LogP contribution in [0.25, 0.3) is 0 Å². The van der Waals surface area contributed by atoms with E-state index in [0.29, 0.717) is 17.9 Å². The van der Waals surface area contributed by atoms with Gasteiger partial charge in [0.2, 0.25) is 5.91 Å². The molecule has 0 bridgehead atoms. The van der Waals surface area contributed by atoms with Crippen LogP contribution >= 0.6 is 0 Å². The van der Waals surface area contributed by atoms with Crippen molar-refractivity contribution in [2.45, 2.75) is 12.8 Å². The van der Waals surface area contributed by atoms with Gasteiger partial charge in [-0.25, -0.2) is 0 Å². The number of carbonyl (C=O) groups is 1. The molecular formula is C21H20N4O3. The van der Waals surface area contributed by atoms with Crippen LogP contribution in [-0.2, 0) is 11.2 Å².